The number of benzene rings is 1. The van der Waals surface area contributed by atoms with Crippen LogP contribution in [0.4, 0.5) is 0 Å². The number of hydrogen-bond donors (Lipinski definition) is 0. The molecule has 46 heavy (non-hydrogen) atoms. The fourth-order valence-electron chi connectivity index (χ4n) is 6.63. The standard InChI is InChI=1S/C40H75O2PS2.Zn/c1-3-5-7-9-11-13-15-17-19-21-23-25-27-29-31-34-38-36-33-37-39(40(38)45-43(41,42)44)35-32-30-28-26-24-22-20-18-16-14-12-10-8-6-4-2;/h33,36-37H,3-32,34-35H2,1-2H3,(H2,41,42,44);/q;+2/p-2. The summed E-state index contributed by atoms with van der Waals surface area (Å²) in [5.41, 5.74) is -1.46. The van der Waals surface area contributed by atoms with Crippen molar-refractivity contribution >= 4 is 28.9 Å². The Bertz CT molecular complexity index is 779. The second kappa shape index (κ2) is 34.2. The summed E-state index contributed by atoms with van der Waals surface area (Å²) in [7, 11) is 0. The van der Waals surface area contributed by atoms with Crippen LogP contribution in [-0.2, 0) is 44.1 Å². The van der Waals surface area contributed by atoms with Gasteiger partial charge in [-0.15, -0.1) is 23.2 Å². The van der Waals surface area contributed by atoms with E-state index in [0.717, 1.165) is 42.0 Å². The minimum absolute atomic E-state index is 0. The fourth-order valence-corrected chi connectivity index (χ4v) is 9.48. The Labute approximate surface area is 309 Å². The summed E-state index contributed by atoms with van der Waals surface area (Å²) in [4.78, 5) is 25.2. The first-order chi connectivity index (χ1) is 22.0. The summed E-state index contributed by atoms with van der Waals surface area (Å²) in [6, 6.07) is 6.39. The molecule has 0 aliphatic carbocycles. The summed E-state index contributed by atoms with van der Waals surface area (Å²) in [5.74, 6) is 0. The molecule has 0 unspecified atom stereocenters. The molecule has 0 heterocycles. The van der Waals surface area contributed by atoms with Gasteiger partial charge in [0.2, 0.25) is 0 Å². The summed E-state index contributed by atoms with van der Waals surface area (Å²) in [6.07, 6.45) is 42.8. The van der Waals surface area contributed by atoms with Crippen LogP contribution in [0.25, 0.3) is 0 Å². The molecule has 1 rings (SSSR count). The first-order valence-electron chi connectivity index (χ1n) is 19.8. The van der Waals surface area contributed by atoms with E-state index in [2.05, 4.69) is 32.0 Å². The Hall–Kier alpha value is 0.763. The smallest absolute Gasteiger partial charge is 0.824 e. The van der Waals surface area contributed by atoms with E-state index in [1.165, 1.54) is 191 Å². The van der Waals surface area contributed by atoms with Crippen molar-refractivity contribution in [2.45, 2.75) is 224 Å². The minimum Gasteiger partial charge on any atom is -0.824 e. The Morgan fingerprint density at radius 1 is 0.457 bits per heavy atom. The quantitative estimate of drug-likeness (QED) is 0.0400. The molecule has 1 aromatic rings. The monoisotopic (exact) mass is 744 g/mol. The molecule has 0 saturated heterocycles. The van der Waals surface area contributed by atoms with Crippen molar-refractivity contribution in [3.63, 3.8) is 0 Å². The van der Waals surface area contributed by atoms with Crippen LogP contribution in [0.2, 0.25) is 0 Å². The molecule has 0 aromatic heterocycles. The maximum atomic E-state index is 12.1. The molecular formula is C40H73O2PS2Zn. The van der Waals surface area contributed by atoms with Gasteiger partial charge in [0.25, 0.3) is 0 Å². The third kappa shape index (κ3) is 29.7. The predicted molar refractivity (Wildman–Crippen MR) is 204 cm³/mol. The van der Waals surface area contributed by atoms with Crippen molar-refractivity contribution < 1.29 is 29.3 Å². The van der Waals surface area contributed by atoms with Gasteiger partial charge in [-0.3, -0.25) is 0 Å². The Morgan fingerprint density at radius 3 is 0.935 bits per heavy atom. The van der Waals surface area contributed by atoms with E-state index in [4.69, 9.17) is 11.8 Å². The van der Waals surface area contributed by atoms with Crippen molar-refractivity contribution in [3.8, 4) is 0 Å². The summed E-state index contributed by atoms with van der Waals surface area (Å²) in [6.45, 7) is 4.57. The van der Waals surface area contributed by atoms with Crippen molar-refractivity contribution in [1.82, 2.24) is 0 Å². The van der Waals surface area contributed by atoms with Gasteiger partial charge in [-0.2, -0.15) is 5.69 Å². The second-order valence-electron chi connectivity index (χ2n) is 13.8. The van der Waals surface area contributed by atoms with E-state index in [1.807, 2.05) is 0 Å². The van der Waals surface area contributed by atoms with Gasteiger partial charge < -0.3 is 9.79 Å². The largest absolute Gasteiger partial charge is 2.00 e. The van der Waals surface area contributed by atoms with Crippen molar-refractivity contribution in [2.75, 3.05) is 0 Å². The molecule has 0 aliphatic heterocycles. The second-order valence-corrected chi connectivity index (χ2v) is 19.5. The molecule has 0 amide bonds. The zero-order valence-electron chi connectivity index (χ0n) is 30.6. The molecule has 0 saturated carbocycles. The van der Waals surface area contributed by atoms with Crippen LogP contribution in [0.3, 0.4) is 0 Å². The van der Waals surface area contributed by atoms with Gasteiger partial charge in [0.05, 0.1) is 0 Å². The van der Waals surface area contributed by atoms with Crippen LogP contribution in [0.15, 0.2) is 23.1 Å². The third-order valence-corrected chi connectivity index (χ3v) is 12.3. The number of aryl methyl sites for hydroxylation is 2. The van der Waals surface area contributed by atoms with E-state index < -0.39 is 5.69 Å². The van der Waals surface area contributed by atoms with Crippen LogP contribution in [-0.4, -0.2) is 0 Å². The number of unbranched alkanes of at least 4 members (excludes halogenated alkanes) is 28. The van der Waals surface area contributed by atoms with E-state index in [9.17, 15) is 9.79 Å². The topological polar surface area (TPSA) is 46.1 Å². The Morgan fingerprint density at radius 2 is 0.696 bits per heavy atom. The fraction of sp³-hybridized carbons (Fsp3) is 0.850. The van der Waals surface area contributed by atoms with Crippen molar-refractivity contribution in [3.05, 3.63) is 29.3 Å². The Balaban J connectivity index is 0.0000202. The first-order valence-corrected chi connectivity index (χ1v) is 23.9. The average molecular weight is 747 g/mol. The summed E-state index contributed by atoms with van der Waals surface area (Å²) < 4.78 is 0. The zero-order chi connectivity index (χ0) is 32.7. The molecule has 2 nitrogen and oxygen atoms in total. The molecule has 0 spiro atoms. The maximum absolute atomic E-state index is 12.1. The van der Waals surface area contributed by atoms with E-state index >= 15 is 0 Å². The molecule has 264 valence electrons. The van der Waals surface area contributed by atoms with E-state index in [1.54, 1.807) is 0 Å². The summed E-state index contributed by atoms with van der Waals surface area (Å²) in [5, 5.41) is 0. The van der Waals surface area contributed by atoms with Crippen LogP contribution >= 0.6 is 17.1 Å². The molecule has 0 aliphatic rings. The number of hydrogen-bond acceptors (Lipinski definition) is 4. The van der Waals surface area contributed by atoms with Crippen LogP contribution in [0, 0.1) is 0 Å². The molecule has 1 aromatic carbocycles. The molecular weight excluding hydrogens is 673 g/mol. The van der Waals surface area contributed by atoms with Crippen molar-refractivity contribution in [1.29, 1.82) is 0 Å². The van der Waals surface area contributed by atoms with Gasteiger partial charge >= 0.3 is 19.5 Å². The molecule has 0 N–H and O–H groups in total. The van der Waals surface area contributed by atoms with Crippen LogP contribution < -0.4 is 9.79 Å². The van der Waals surface area contributed by atoms with Crippen molar-refractivity contribution in [2.24, 2.45) is 0 Å². The Kier molecular flexibility index (Phi) is 34.8. The molecule has 6 heteroatoms. The van der Waals surface area contributed by atoms with Crippen LogP contribution in [0.1, 0.15) is 218 Å². The van der Waals surface area contributed by atoms with Gasteiger partial charge in [0.15, 0.2) is 0 Å². The van der Waals surface area contributed by atoms with E-state index in [-0.39, 0.29) is 19.5 Å². The molecule has 0 bridgehead atoms. The zero-order valence-corrected chi connectivity index (χ0v) is 36.1. The summed E-state index contributed by atoms with van der Waals surface area (Å²) >= 11 is 5.79. The molecule has 0 radical (unpaired) electrons. The first kappa shape index (κ1) is 46.8. The van der Waals surface area contributed by atoms with Gasteiger partial charge in [-0.1, -0.05) is 212 Å². The van der Waals surface area contributed by atoms with Gasteiger partial charge in [0, 0.05) is 4.90 Å². The van der Waals surface area contributed by atoms with Gasteiger partial charge in [-0.05, 0) is 36.8 Å². The minimum atomic E-state index is -3.84. The normalized spacial score (nSPS) is 11.7. The average Bonchev–Trinajstić information content (AvgIpc) is 3.01. The SMILES string of the molecule is CCCCCCCCCCCCCCCCCc1cccc(CCCCCCCCCCCCCCCCC)c1SP([O-])([O-])=S.[Zn+2]. The van der Waals surface area contributed by atoms with E-state index in [0.29, 0.717) is 0 Å². The predicted octanol–water partition coefficient (Wildman–Crippen LogP) is 13.5. The third-order valence-electron chi connectivity index (χ3n) is 9.48. The van der Waals surface area contributed by atoms with Crippen LogP contribution in [0.5, 0.6) is 0 Å². The van der Waals surface area contributed by atoms with Gasteiger partial charge in [-0.25, -0.2) is 0 Å². The van der Waals surface area contributed by atoms with Gasteiger partial charge in [0.1, 0.15) is 0 Å². The molecule has 0 fully saturated rings. The molecule has 0 atom stereocenters. The number of rotatable bonds is 34. The maximum Gasteiger partial charge on any atom is 2.00 e.